The number of amides is 4. The molecule has 1 atom stereocenters. The third kappa shape index (κ3) is 34.0. The molecule has 0 radical (unpaired) electrons. The van der Waals surface area contributed by atoms with E-state index in [-0.39, 0.29) is 47.3 Å². The van der Waals surface area contributed by atoms with Gasteiger partial charge in [0, 0.05) is 119 Å². The van der Waals surface area contributed by atoms with E-state index in [9.17, 15) is 19.2 Å². The van der Waals surface area contributed by atoms with Gasteiger partial charge in [-0.05, 0) is 131 Å². The van der Waals surface area contributed by atoms with Crippen LogP contribution in [-0.2, 0) is 47.6 Å². The van der Waals surface area contributed by atoms with E-state index < -0.39 is 6.04 Å². The molecule has 112 heavy (non-hydrogen) atoms. The van der Waals surface area contributed by atoms with Crippen LogP contribution in [0, 0.1) is 10.8 Å². The largest absolute Gasteiger partial charge is 0.478 e. The zero-order chi connectivity index (χ0) is 79.0. The fourth-order valence-electron chi connectivity index (χ4n) is 12.6. The number of unbranched alkanes of at least 4 members (excludes halogenated alkanes) is 4. The fraction of sp³-hybridized carbons (Fsp3) is 0.529. The number of benzene rings is 4. The van der Waals surface area contributed by atoms with Crippen molar-refractivity contribution in [1.29, 1.82) is 0 Å². The summed E-state index contributed by atoms with van der Waals surface area (Å²) < 4.78 is 46.3. The minimum Gasteiger partial charge on any atom is -0.478 e. The molecule has 27 nitrogen and oxygen atoms in total. The Morgan fingerprint density at radius 3 is 1.10 bits per heavy atom. The molecule has 0 saturated carbocycles. The molecule has 0 fully saturated rings. The molecule has 4 aromatic carbocycles. The Balaban J connectivity index is 0.510. The second kappa shape index (κ2) is 51.5. The first-order valence-electron chi connectivity index (χ1n) is 40.2. The van der Waals surface area contributed by atoms with E-state index >= 15 is 0 Å². The van der Waals surface area contributed by atoms with E-state index in [1.54, 1.807) is 0 Å². The van der Waals surface area contributed by atoms with Gasteiger partial charge in [-0.25, -0.2) is 21.0 Å². The molecule has 4 amide bonds. The smallest absolute Gasteiger partial charge is 0.236 e. The van der Waals surface area contributed by atoms with Crippen molar-refractivity contribution >= 4 is 35.3 Å². The standard InChI is InChI=1S/C85H123N15O12/c1-84(2,41-19-23-53-111-79-65-71(67-29-9-5-10-30-67)63-74(91-79)69-33-13-7-14-34-69)82-93-95-97-99(82)47-21-17-37-76(101)87-43-25-49-105-55-59-109-61-57-107-51-27-45-89-78(103)40-39-73(86)81(104)90-46-28-52-108-58-62-110-60-56-106-50-26-44-88-77(102)38-18-22-48-100-83(94-96-98-100)85(3,4)42-20-24-54-112-80-66-72(68-31-11-6-12-32-68)64-75(92-80)70-35-15-8-16-36-70/h5-16,29-36,63-66,73,95-98H,17-28,37-62,86H2,1-4H3,(H,87,101)(H,88,102)(H,89,103)(H,90,104)/t73-/m0/s1. The van der Waals surface area contributed by atoms with Gasteiger partial charge in [0.1, 0.15) is 11.7 Å². The molecule has 2 aliphatic rings. The van der Waals surface area contributed by atoms with Gasteiger partial charge in [0.05, 0.1) is 83.5 Å². The molecule has 2 aliphatic heterocycles. The lowest BCUT2D eigenvalue weighted by Crippen LogP contribution is -2.46. The molecular formula is C85H123N15O12. The van der Waals surface area contributed by atoms with Gasteiger partial charge in [0.2, 0.25) is 35.4 Å². The maximum Gasteiger partial charge on any atom is 0.236 e. The number of nitrogens with zero attached hydrogens (tertiary/aromatic N) is 6. The van der Waals surface area contributed by atoms with Crippen LogP contribution in [0.15, 0.2) is 156 Å². The molecule has 0 saturated heterocycles. The highest BCUT2D eigenvalue weighted by Crippen LogP contribution is 2.33. The van der Waals surface area contributed by atoms with Crippen LogP contribution in [0.3, 0.4) is 0 Å². The first-order valence-corrected chi connectivity index (χ1v) is 40.2. The molecule has 10 N–H and O–H groups in total. The van der Waals surface area contributed by atoms with E-state index in [1.165, 1.54) is 0 Å². The predicted octanol–water partition coefficient (Wildman–Crippen LogP) is 10.8. The Labute approximate surface area is 662 Å². The first-order chi connectivity index (χ1) is 54.7. The van der Waals surface area contributed by atoms with Gasteiger partial charge in [0.15, 0.2) is 0 Å². The van der Waals surface area contributed by atoms with Gasteiger partial charge < -0.3 is 64.9 Å². The molecule has 0 unspecified atom stereocenters. The highest BCUT2D eigenvalue weighted by molar-refractivity contribution is 5.88. The summed E-state index contributed by atoms with van der Waals surface area (Å²) in [6.45, 7) is 18.7. The maximum absolute atomic E-state index is 12.6. The Morgan fingerprint density at radius 2 is 0.723 bits per heavy atom. The zero-order valence-electron chi connectivity index (χ0n) is 66.5. The summed E-state index contributed by atoms with van der Waals surface area (Å²) in [5.74, 6) is 2.72. The number of rotatable bonds is 60. The van der Waals surface area contributed by atoms with E-state index in [1.807, 2.05) is 89.9 Å². The highest BCUT2D eigenvalue weighted by Gasteiger charge is 2.34. The number of amidine groups is 2. The van der Waals surface area contributed by atoms with Crippen LogP contribution < -0.4 is 58.6 Å². The molecule has 27 heteroatoms. The van der Waals surface area contributed by atoms with Gasteiger partial charge >= 0.3 is 0 Å². The summed E-state index contributed by atoms with van der Waals surface area (Å²) in [7, 11) is 0. The maximum atomic E-state index is 12.6. The number of hydrazine groups is 4. The Morgan fingerprint density at radius 1 is 0.384 bits per heavy atom. The molecular weight excluding hydrogens is 1420 g/mol. The van der Waals surface area contributed by atoms with Crippen LogP contribution in [0.4, 0.5) is 0 Å². The summed E-state index contributed by atoms with van der Waals surface area (Å²) >= 11 is 0. The van der Waals surface area contributed by atoms with Crippen LogP contribution in [0.2, 0.25) is 0 Å². The molecule has 2 aromatic heterocycles. The van der Waals surface area contributed by atoms with Gasteiger partial charge in [-0.3, -0.25) is 29.2 Å². The number of carbonyl (C=O) groups excluding carboxylic acids is 4. The van der Waals surface area contributed by atoms with Crippen LogP contribution in [-0.4, -0.2) is 193 Å². The molecule has 4 heterocycles. The van der Waals surface area contributed by atoms with Crippen molar-refractivity contribution < 1.29 is 57.1 Å². The van der Waals surface area contributed by atoms with Crippen molar-refractivity contribution in [3.8, 4) is 56.5 Å². The third-order valence-electron chi connectivity index (χ3n) is 19.0. The van der Waals surface area contributed by atoms with Crippen LogP contribution >= 0.6 is 0 Å². The van der Waals surface area contributed by atoms with Gasteiger partial charge in [-0.15, -0.1) is 21.3 Å². The lowest BCUT2D eigenvalue weighted by molar-refractivity contribution is -0.124. The molecule has 6 aromatic rings. The van der Waals surface area contributed by atoms with Crippen molar-refractivity contribution in [2.45, 2.75) is 149 Å². The van der Waals surface area contributed by atoms with Crippen molar-refractivity contribution in [2.24, 2.45) is 26.8 Å². The highest BCUT2D eigenvalue weighted by atomic mass is 16.5. The zero-order valence-corrected chi connectivity index (χ0v) is 66.5. The second-order valence-electron chi connectivity index (χ2n) is 29.1. The number of hydrogen-bond acceptors (Lipinski definition) is 23. The molecule has 8 rings (SSSR count). The number of pyridine rings is 2. The van der Waals surface area contributed by atoms with Crippen LogP contribution in [0.25, 0.3) is 44.8 Å². The summed E-state index contributed by atoms with van der Waals surface area (Å²) in [5, 5.41) is 24.9. The van der Waals surface area contributed by atoms with E-state index in [0.717, 1.165) is 134 Å². The normalized spacial score (nSPS) is 13.1. The summed E-state index contributed by atoms with van der Waals surface area (Å²) in [6.07, 6.45) is 12.6. The van der Waals surface area contributed by atoms with Crippen LogP contribution in [0.5, 0.6) is 11.8 Å². The third-order valence-corrected chi connectivity index (χ3v) is 19.0. The Hall–Kier alpha value is -9.16. The average Bonchev–Trinajstić information content (AvgIpc) is 1.12. The SMILES string of the molecule is CC(C)(CCCCOc1cc(-c2ccccc2)cc(-c2ccccc2)n1)C1=NNNN1CCCCC(=O)NCCCOCCOCCOCCCNC(=O)CC[C@H](N)C(=O)NCCCOCCOCCOCCCNC(=O)CCCCN1NNN=C1C(C)(C)CCCCOc1cc(-c2ccccc2)cc(-c2ccccc2)n1. The van der Waals surface area contributed by atoms with E-state index in [4.69, 9.17) is 53.6 Å². The topological polar surface area (TPSA) is 321 Å². The molecule has 610 valence electrons. The predicted molar refractivity (Wildman–Crippen MR) is 438 cm³/mol. The Kier molecular flexibility index (Phi) is 40.6. The first kappa shape index (κ1) is 88.4. The molecule has 0 bridgehead atoms. The summed E-state index contributed by atoms with van der Waals surface area (Å²) in [4.78, 5) is 59.7. The number of nitrogens with two attached hydrogens (primary N) is 1. The van der Waals surface area contributed by atoms with Crippen molar-refractivity contribution in [2.75, 3.05) is 132 Å². The molecule has 0 aliphatic carbocycles. The number of carbonyl (C=O) groups is 4. The lowest BCUT2D eigenvalue weighted by atomic mass is 9.85. The van der Waals surface area contributed by atoms with Gasteiger partial charge in [-0.1, -0.05) is 149 Å². The fourth-order valence-corrected chi connectivity index (χ4v) is 12.6. The monoisotopic (exact) mass is 1550 g/mol. The van der Waals surface area contributed by atoms with Crippen molar-refractivity contribution in [1.82, 2.24) is 63.4 Å². The minimum atomic E-state index is -0.793. The number of hydrazone groups is 2. The molecule has 0 spiro atoms. The average molecular weight is 1550 g/mol. The number of nitrogens with one attached hydrogen (secondary N) is 8. The van der Waals surface area contributed by atoms with E-state index in [2.05, 4.69) is 147 Å². The number of hydrogen-bond donors (Lipinski definition) is 9. The lowest BCUT2D eigenvalue weighted by Gasteiger charge is -2.30. The van der Waals surface area contributed by atoms with Gasteiger partial charge in [-0.2, -0.15) is 0 Å². The number of ether oxygens (including phenoxy) is 8. The van der Waals surface area contributed by atoms with Crippen molar-refractivity contribution in [3.63, 3.8) is 0 Å². The summed E-state index contributed by atoms with van der Waals surface area (Å²) in [6, 6.07) is 48.4. The van der Waals surface area contributed by atoms with E-state index in [0.29, 0.717) is 169 Å². The quantitative estimate of drug-likeness (QED) is 0.0160. The van der Waals surface area contributed by atoms with Crippen molar-refractivity contribution in [3.05, 3.63) is 146 Å². The minimum absolute atomic E-state index is 0.0290. The Bertz CT molecular complexity index is 3600. The van der Waals surface area contributed by atoms with Gasteiger partial charge in [0.25, 0.3) is 0 Å². The second-order valence-corrected chi connectivity index (χ2v) is 29.1. The number of aromatic nitrogens is 2. The summed E-state index contributed by atoms with van der Waals surface area (Å²) in [5.41, 5.74) is 26.1. The van der Waals surface area contributed by atoms with Crippen LogP contribution in [0.1, 0.15) is 143 Å².